The van der Waals surface area contributed by atoms with Crippen molar-refractivity contribution in [2.24, 2.45) is 0 Å². The number of nitrogens with one attached hydrogen (secondary N) is 1. The number of aliphatic hydroxyl groups excluding tert-OH is 2. The van der Waals surface area contributed by atoms with Crippen LogP contribution in [0, 0.1) is 11.3 Å². The molecule has 0 aliphatic heterocycles. The second-order valence-electron chi connectivity index (χ2n) is 5.67. The van der Waals surface area contributed by atoms with Crippen molar-refractivity contribution < 1.29 is 19.7 Å². The van der Waals surface area contributed by atoms with Gasteiger partial charge in [0.1, 0.15) is 11.6 Å². The van der Waals surface area contributed by atoms with Gasteiger partial charge in [-0.1, -0.05) is 0 Å². The van der Waals surface area contributed by atoms with Gasteiger partial charge in [0.2, 0.25) is 0 Å². The van der Waals surface area contributed by atoms with Gasteiger partial charge >= 0.3 is 5.97 Å². The number of allylic oxidation sites excluding steroid dienone is 3. The van der Waals surface area contributed by atoms with Crippen LogP contribution in [0.25, 0.3) is 0 Å². The summed E-state index contributed by atoms with van der Waals surface area (Å²) in [5.41, 5.74) is 1.75. The summed E-state index contributed by atoms with van der Waals surface area (Å²) in [7, 11) is 0. The van der Waals surface area contributed by atoms with E-state index in [4.69, 9.17) is 9.84 Å². The first-order valence-corrected chi connectivity index (χ1v) is 8.12. The minimum atomic E-state index is -0.623. The van der Waals surface area contributed by atoms with Crippen LogP contribution in [0.2, 0.25) is 0 Å². The van der Waals surface area contributed by atoms with Gasteiger partial charge in [-0.2, -0.15) is 5.26 Å². The molecule has 3 N–H and O–H groups in total. The lowest BCUT2D eigenvalue weighted by molar-refractivity contribution is -0.138. The van der Waals surface area contributed by atoms with E-state index in [1.54, 1.807) is 6.92 Å². The van der Waals surface area contributed by atoms with Crippen LogP contribution in [-0.4, -0.2) is 42.0 Å². The average Bonchev–Trinajstić information content (AvgIpc) is 2.53. The molecule has 0 fully saturated rings. The second kappa shape index (κ2) is 10.8. The highest BCUT2D eigenvalue weighted by Crippen LogP contribution is 2.24. The first-order valence-electron chi connectivity index (χ1n) is 8.12. The standard InChI is InChI=1S/C17H26N2O4/c1-13(21)5-3-8-19-15-7-2-6-14(11-15)16(12-18)17(22)23-10-4-9-20/h11,13,19-21H,2-10H2,1H3/b16-14-. The van der Waals surface area contributed by atoms with Gasteiger partial charge in [0.15, 0.2) is 0 Å². The van der Waals surface area contributed by atoms with Gasteiger partial charge in [0.05, 0.1) is 12.7 Å². The van der Waals surface area contributed by atoms with Gasteiger partial charge in [-0.05, 0) is 50.7 Å². The Hall–Kier alpha value is -1.84. The Balaban J connectivity index is 2.65. The zero-order chi connectivity index (χ0) is 17.1. The number of ether oxygens (including phenoxy) is 1. The predicted octanol–water partition coefficient (Wildman–Crippen LogP) is 1.55. The van der Waals surface area contributed by atoms with Crippen LogP contribution in [0.4, 0.5) is 0 Å². The Kier molecular flexibility index (Phi) is 9.03. The number of hydrogen-bond acceptors (Lipinski definition) is 6. The molecule has 0 aromatic rings. The maximum Gasteiger partial charge on any atom is 0.349 e. The number of aliphatic hydroxyl groups is 2. The first-order chi connectivity index (χ1) is 11.1. The van der Waals surface area contributed by atoms with E-state index in [0.717, 1.165) is 37.9 Å². The van der Waals surface area contributed by atoms with E-state index in [2.05, 4.69) is 5.32 Å². The molecular formula is C17H26N2O4. The maximum atomic E-state index is 11.9. The summed E-state index contributed by atoms with van der Waals surface area (Å²) in [6.45, 7) is 2.59. The summed E-state index contributed by atoms with van der Waals surface area (Å²) in [6, 6.07) is 1.94. The highest BCUT2D eigenvalue weighted by Gasteiger charge is 2.18. The highest BCUT2D eigenvalue weighted by molar-refractivity contribution is 5.94. The minimum absolute atomic E-state index is 0.0471. The van der Waals surface area contributed by atoms with Crippen molar-refractivity contribution in [3.63, 3.8) is 0 Å². The molecule has 0 aromatic heterocycles. The smallest absolute Gasteiger partial charge is 0.349 e. The molecule has 1 atom stereocenters. The monoisotopic (exact) mass is 322 g/mol. The number of carbonyl (C=O) groups is 1. The number of hydrogen-bond donors (Lipinski definition) is 3. The number of nitriles is 1. The molecule has 0 saturated heterocycles. The fourth-order valence-corrected chi connectivity index (χ4v) is 2.36. The molecule has 128 valence electrons. The van der Waals surface area contributed by atoms with Crippen molar-refractivity contribution in [1.82, 2.24) is 5.32 Å². The van der Waals surface area contributed by atoms with Gasteiger partial charge in [0, 0.05) is 25.3 Å². The summed E-state index contributed by atoms with van der Waals surface area (Å²) in [5, 5.41) is 30.5. The number of rotatable bonds is 9. The summed E-state index contributed by atoms with van der Waals surface area (Å²) in [4.78, 5) is 11.9. The molecule has 0 spiro atoms. The van der Waals surface area contributed by atoms with E-state index in [9.17, 15) is 15.2 Å². The Bertz CT molecular complexity index is 489. The number of esters is 1. The Labute approximate surface area is 137 Å². The molecule has 0 aromatic carbocycles. The third kappa shape index (κ3) is 7.31. The molecule has 6 nitrogen and oxygen atoms in total. The second-order valence-corrected chi connectivity index (χ2v) is 5.67. The largest absolute Gasteiger partial charge is 0.461 e. The molecule has 0 bridgehead atoms. The van der Waals surface area contributed by atoms with Crippen molar-refractivity contribution in [2.45, 2.75) is 51.6 Å². The summed E-state index contributed by atoms with van der Waals surface area (Å²) < 4.78 is 4.99. The van der Waals surface area contributed by atoms with Gasteiger partial charge < -0.3 is 20.3 Å². The Morgan fingerprint density at radius 2 is 2.26 bits per heavy atom. The van der Waals surface area contributed by atoms with Crippen molar-refractivity contribution >= 4 is 5.97 Å². The number of carbonyl (C=O) groups excluding carboxylic acids is 1. The molecular weight excluding hydrogens is 296 g/mol. The van der Waals surface area contributed by atoms with Crippen LogP contribution >= 0.6 is 0 Å². The van der Waals surface area contributed by atoms with Crippen LogP contribution < -0.4 is 5.32 Å². The maximum absolute atomic E-state index is 11.9. The molecule has 23 heavy (non-hydrogen) atoms. The van der Waals surface area contributed by atoms with Crippen molar-refractivity contribution in [1.29, 1.82) is 5.26 Å². The third-order valence-corrected chi connectivity index (χ3v) is 3.56. The summed E-state index contributed by atoms with van der Waals surface area (Å²) in [5.74, 6) is -0.623. The fourth-order valence-electron chi connectivity index (χ4n) is 2.36. The van der Waals surface area contributed by atoms with Crippen LogP contribution in [-0.2, 0) is 9.53 Å². The summed E-state index contributed by atoms with van der Waals surface area (Å²) in [6.07, 6.45) is 5.97. The van der Waals surface area contributed by atoms with E-state index in [-0.39, 0.29) is 24.9 Å². The topological polar surface area (TPSA) is 103 Å². The number of nitrogens with zero attached hydrogens (tertiary/aromatic N) is 1. The predicted molar refractivity (Wildman–Crippen MR) is 86.2 cm³/mol. The van der Waals surface area contributed by atoms with Crippen LogP contribution in [0.15, 0.2) is 22.9 Å². The lowest BCUT2D eigenvalue weighted by atomic mass is 9.95. The SMILES string of the molecule is CC(O)CCCNC1=C/C(=C(/C#N)C(=O)OCCCO)CCC1. The van der Waals surface area contributed by atoms with Crippen LogP contribution in [0.5, 0.6) is 0 Å². The molecule has 1 unspecified atom stereocenters. The summed E-state index contributed by atoms with van der Waals surface area (Å²) >= 11 is 0. The van der Waals surface area contributed by atoms with E-state index in [1.807, 2.05) is 12.1 Å². The van der Waals surface area contributed by atoms with E-state index >= 15 is 0 Å². The van der Waals surface area contributed by atoms with Crippen molar-refractivity contribution in [3.05, 3.63) is 22.9 Å². The van der Waals surface area contributed by atoms with Crippen molar-refractivity contribution in [2.75, 3.05) is 19.8 Å². The lowest BCUT2D eigenvalue weighted by Crippen LogP contribution is -2.19. The zero-order valence-corrected chi connectivity index (χ0v) is 13.7. The van der Waals surface area contributed by atoms with Crippen LogP contribution in [0.1, 0.15) is 45.4 Å². The Morgan fingerprint density at radius 3 is 2.91 bits per heavy atom. The Morgan fingerprint density at radius 1 is 1.48 bits per heavy atom. The minimum Gasteiger partial charge on any atom is -0.461 e. The first kappa shape index (κ1) is 19.2. The van der Waals surface area contributed by atoms with Crippen LogP contribution in [0.3, 0.4) is 0 Å². The molecule has 0 saturated carbocycles. The fraction of sp³-hybridized carbons (Fsp3) is 0.647. The van der Waals surface area contributed by atoms with Crippen molar-refractivity contribution in [3.8, 4) is 6.07 Å². The van der Waals surface area contributed by atoms with Gasteiger partial charge in [-0.15, -0.1) is 0 Å². The molecule has 0 heterocycles. The molecule has 1 aliphatic carbocycles. The molecule has 0 amide bonds. The van der Waals surface area contributed by atoms with E-state index < -0.39 is 5.97 Å². The lowest BCUT2D eigenvalue weighted by Gasteiger charge is -2.18. The molecule has 0 radical (unpaired) electrons. The van der Waals surface area contributed by atoms with E-state index in [1.165, 1.54) is 0 Å². The van der Waals surface area contributed by atoms with Gasteiger partial charge in [0.25, 0.3) is 0 Å². The van der Waals surface area contributed by atoms with Gasteiger partial charge in [-0.3, -0.25) is 0 Å². The van der Waals surface area contributed by atoms with E-state index in [0.29, 0.717) is 18.4 Å². The molecule has 1 rings (SSSR count). The quantitative estimate of drug-likeness (QED) is 0.258. The average molecular weight is 322 g/mol. The third-order valence-electron chi connectivity index (χ3n) is 3.56. The normalized spacial score (nSPS) is 17.7. The molecule has 6 heteroatoms. The van der Waals surface area contributed by atoms with Gasteiger partial charge in [-0.25, -0.2) is 4.79 Å². The highest BCUT2D eigenvalue weighted by atomic mass is 16.5. The molecule has 1 aliphatic rings. The zero-order valence-electron chi connectivity index (χ0n) is 13.7.